The van der Waals surface area contributed by atoms with E-state index in [1.807, 2.05) is 12.1 Å². The predicted octanol–water partition coefficient (Wildman–Crippen LogP) is 5.15. The second-order valence-electron chi connectivity index (χ2n) is 6.28. The standard InChI is InChI=1S/C19H27Cl2NO4/c1-2-24-19(23)22-13-15(14-8-9-16(20)17(21)12-14)6-5-11-26-18-7-3-4-10-25-18/h8-9,12,15,18H,2-7,10-11,13H2,1H3,(H,22,23). The minimum absolute atomic E-state index is 0.0789. The van der Waals surface area contributed by atoms with Gasteiger partial charge >= 0.3 is 6.09 Å². The average Bonchev–Trinajstić information content (AvgIpc) is 2.64. The summed E-state index contributed by atoms with van der Waals surface area (Å²) in [7, 11) is 0. The molecule has 1 N–H and O–H groups in total. The highest BCUT2D eigenvalue weighted by molar-refractivity contribution is 6.42. The molecule has 0 aliphatic carbocycles. The van der Waals surface area contributed by atoms with Crippen molar-refractivity contribution in [3.63, 3.8) is 0 Å². The van der Waals surface area contributed by atoms with Crippen LogP contribution in [-0.4, -0.2) is 38.7 Å². The summed E-state index contributed by atoms with van der Waals surface area (Å²) in [6, 6.07) is 5.58. The van der Waals surface area contributed by atoms with Crippen molar-refractivity contribution < 1.29 is 19.0 Å². The normalized spacial score (nSPS) is 18.3. The van der Waals surface area contributed by atoms with Gasteiger partial charge in [0.1, 0.15) is 0 Å². The lowest BCUT2D eigenvalue weighted by molar-refractivity contribution is -0.162. The number of ether oxygens (including phenoxy) is 3. The highest BCUT2D eigenvalue weighted by Gasteiger charge is 2.17. The van der Waals surface area contributed by atoms with Crippen molar-refractivity contribution in [3.05, 3.63) is 33.8 Å². The number of benzene rings is 1. The first-order chi connectivity index (χ1) is 12.6. The first-order valence-electron chi connectivity index (χ1n) is 9.19. The number of hydrogen-bond donors (Lipinski definition) is 1. The molecule has 0 spiro atoms. The smallest absolute Gasteiger partial charge is 0.407 e. The molecule has 2 rings (SSSR count). The van der Waals surface area contributed by atoms with Gasteiger partial charge < -0.3 is 19.5 Å². The van der Waals surface area contributed by atoms with Crippen LogP contribution in [0.15, 0.2) is 18.2 Å². The van der Waals surface area contributed by atoms with E-state index < -0.39 is 6.09 Å². The first-order valence-corrected chi connectivity index (χ1v) is 9.94. The zero-order valence-corrected chi connectivity index (χ0v) is 16.7. The van der Waals surface area contributed by atoms with Crippen molar-refractivity contribution in [1.82, 2.24) is 5.32 Å². The van der Waals surface area contributed by atoms with Crippen molar-refractivity contribution >= 4 is 29.3 Å². The molecule has 1 aromatic carbocycles. The number of carbonyl (C=O) groups excluding carboxylic acids is 1. The number of hydrogen-bond acceptors (Lipinski definition) is 4. The van der Waals surface area contributed by atoms with Crippen molar-refractivity contribution in [2.24, 2.45) is 0 Å². The fourth-order valence-corrected chi connectivity index (χ4v) is 3.24. The van der Waals surface area contributed by atoms with Gasteiger partial charge in [-0.2, -0.15) is 0 Å². The van der Waals surface area contributed by atoms with Crippen LogP contribution in [-0.2, 0) is 14.2 Å². The second kappa shape index (κ2) is 11.7. The maximum Gasteiger partial charge on any atom is 0.407 e. The third-order valence-electron chi connectivity index (χ3n) is 4.32. The molecule has 26 heavy (non-hydrogen) atoms. The van der Waals surface area contributed by atoms with E-state index in [0.717, 1.165) is 44.3 Å². The molecule has 2 unspecified atom stereocenters. The third-order valence-corrected chi connectivity index (χ3v) is 5.06. The summed E-state index contributed by atoms with van der Waals surface area (Å²) in [6.45, 7) is 4.00. The summed E-state index contributed by atoms with van der Waals surface area (Å²) in [5, 5.41) is 3.83. The van der Waals surface area contributed by atoms with Gasteiger partial charge in [0.25, 0.3) is 0 Å². The molecule has 146 valence electrons. The second-order valence-corrected chi connectivity index (χ2v) is 7.10. The van der Waals surface area contributed by atoms with Gasteiger partial charge in [0, 0.05) is 25.7 Å². The lowest BCUT2D eigenvalue weighted by Crippen LogP contribution is -2.29. The zero-order valence-electron chi connectivity index (χ0n) is 15.1. The Kier molecular flexibility index (Phi) is 9.54. The number of halogens is 2. The Balaban J connectivity index is 1.86. The van der Waals surface area contributed by atoms with Gasteiger partial charge in [-0.25, -0.2) is 4.79 Å². The summed E-state index contributed by atoms with van der Waals surface area (Å²) in [5.41, 5.74) is 1.03. The van der Waals surface area contributed by atoms with E-state index >= 15 is 0 Å². The van der Waals surface area contributed by atoms with E-state index in [1.54, 1.807) is 13.0 Å². The topological polar surface area (TPSA) is 56.8 Å². The number of rotatable bonds is 9. The molecule has 1 aliphatic heterocycles. The maximum atomic E-state index is 11.6. The summed E-state index contributed by atoms with van der Waals surface area (Å²) in [5.74, 6) is 0.102. The van der Waals surface area contributed by atoms with Crippen LogP contribution in [0.2, 0.25) is 10.0 Å². The lowest BCUT2D eigenvalue weighted by Gasteiger charge is -2.23. The maximum absolute atomic E-state index is 11.6. The van der Waals surface area contributed by atoms with E-state index in [4.69, 9.17) is 37.4 Å². The van der Waals surface area contributed by atoms with Crippen molar-refractivity contribution in [1.29, 1.82) is 0 Å². The Labute approximate surface area is 165 Å². The van der Waals surface area contributed by atoms with Gasteiger partial charge in [-0.1, -0.05) is 29.3 Å². The molecule has 1 heterocycles. The quantitative estimate of drug-likeness (QED) is 0.579. The van der Waals surface area contributed by atoms with Crippen molar-refractivity contribution in [2.45, 2.75) is 51.2 Å². The molecular weight excluding hydrogens is 377 g/mol. The summed E-state index contributed by atoms with van der Waals surface area (Å²) in [6.07, 6.45) is 4.43. The third kappa shape index (κ3) is 7.31. The molecule has 2 atom stereocenters. The minimum atomic E-state index is -0.413. The monoisotopic (exact) mass is 403 g/mol. The van der Waals surface area contributed by atoms with Gasteiger partial charge in [0.2, 0.25) is 0 Å². The van der Waals surface area contributed by atoms with Crippen LogP contribution in [0.5, 0.6) is 0 Å². The van der Waals surface area contributed by atoms with Gasteiger partial charge in [-0.15, -0.1) is 0 Å². The molecule has 0 radical (unpaired) electrons. The zero-order chi connectivity index (χ0) is 18.8. The average molecular weight is 404 g/mol. The highest BCUT2D eigenvalue weighted by atomic mass is 35.5. The van der Waals surface area contributed by atoms with Gasteiger partial charge in [0.05, 0.1) is 16.7 Å². The molecule has 0 bridgehead atoms. The van der Waals surface area contributed by atoms with Crippen LogP contribution in [0.1, 0.15) is 50.5 Å². The first kappa shape index (κ1) is 21.3. The summed E-state index contributed by atoms with van der Waals surface area (Å²) >= 11 is 12.2. The van der Waals surface area contributed by atoms with Crippen LogP contribution < -0.4 is 5.32 Å². The molecule has 0 aromatic heterocycles. The molecule has 0 saturated carbocycles. The van der Waals surface area contributed by atoms with Crippen LogP contribution in [0.4, 0.5) is 4.79 Å². The molecule has 1 amide bonds. The summed E-state index contributed by atoms with van der Waals surface area (Å²) in [4.78, 5) is 11.6. The lowest BCUT2D eigenvalue weighted by atomic mass is 9.94. The van der Waals surface area contributed by atoms with Crippen LogP contribution in [0.3, 0.4) is 0 Å². The summed E-state index contributed by atoms with van der Waals surface area (Å²) < 4.78 is 16.3. The predicted molar refractivity (Wildman–Crippen MR) is 103 cm³/mol. The number of alkyl carbamates (subject to hydrolysis) is 1. The largest absolute Gasteiger partial charge is 0.450 e. The molecule has 1 saturated heterocycles. The van der Waals surface area contributed by atoms with E-state index in [2.05, 4.69) is 5.32 Å². The molecule has 1 aromatic rings. The van der Waals surface area contributed by atoms with Crippen LogP contribution in [0.25, 0.3) is 0 Å². The number of carbonyl (C=O) groups is 1. The molecule has 1 fully saturated rings. The van der Waals surface area contributed by atoms with E-state index in [9.17, 15) is 4.79 Å². The van der Waals surface area contributed by atoms with E-state index in [0.29, 0.717) is 29.8 Å². The Morgan fingerprint density at radius 2 is 2.19 bits per heavy atom. The van der Waals surface area contributed by atoms with Crippen molar-refractivity contribution in [3.8, 4) is 0 Å². The van der Waals surface area contributed by atoms with Gasteiger partial charge in [0.15, 0.2) is 6.29 Å². The Morgan fingerprint density at radius 3 is 2.88 bits per heavy atom. The Hall–Kier alpha value is -1.01. The molecule has 1 aliphatic rings. The SMILES string of the molecule is CCOC(=O)NCC(CCCOC1CCCCO1)c1ccc(Cl)c(Cl)c1. The fourth-order valence-electron chi connectivity index (χ4n) is 2.93. The minimum Gasteiger partial charge on any atom is -0.450 e. The Morgan fingerprint density at radius 1 is 1.35 bits per heavy atom. The van der Waals surface area contributed by atoms with E-state index in [1.165, 1.54) is 0 Å². The van der Waals surface area contributed by atoms with Gasteiger partial charge in [-0.3, -0.25) is 0 Å². The fraction of sp³-hybridized carbons (Fsp3) is 0.632. The van der Waals surface area contributed by atoms with Crippen LogP contribution >= 0.6 is 23.2 Å². The molecular formula is C19H27Cl2NO4. The number of nitrogens with one attached hydrogen (secondary N) is 1. The molecule has 7 heteroatoms. The van der Waals surface area contributed by atoms with Crippen LogP contribution in [0, 0.1) is 0 Å². The van der Waals surface area contributed by atoms with E-state index in [-0.39, 0.29) is 12.2 Å². The highest BCUT2D eigenvalue weighted by Crippen LogP contribution is 2.28. The van der Waals surface area contributed by atoms with Gasteiger partial charge in [-0.05, 0) is 56.7 Å². The molecule has 5 nitrogen and oxygen atoms in total. The number of amides is 1. The Bertz CT molecular complexity index is 564. The van der Waals surface area contributed by atoms with Crippen molar-refractivity contribution in [2.75, 3.05) is 26.4 Å².